The highest BCUT2D eigenvalue weighted by Crippen LogP contribution is 1.80. The van der Waals surface area contributed by atoms with Crippen LogP contribution in [0.15, 0.2) is 21.9 Å². The summed E-state index contributed by atoms with van der Waals surface area (Å²) >= 11 is 0. The second-order valence-electron chi connectivity index (χ2n) is 4.78. The van der Waals surface area contributed by atoms with Crippen molar-refractivity contribution in [1.29, 1.82) is 0 Å². The summed E-state index contributed by atoms with van der Waals surface area (Å²) in [5.74, 6) is 0. The van der Waals surface area contributed by atoms with E-state index >= 15 is 0 Å². The van der Waals surface area contributed by atoms with Crippen LogP contribution in [0.3, 0.4) is 0 Å². The Balaban J connectivity index is 2.64. The molecule has 0 aliphatic carbocycles. The maximum Gasteiger partial charge on any atom is 0.331 e. The molecule has 0 amide bonds. The summed E-state index contributed by atoms with van der Waals surface area (Å²) in [4.78, 5) is 23.9. The lowest BCUT2D eigenvalue weighted by Gasteiger charge is -2.10. The molecule has 0 fully saturated rings. The van der Waals surface area contributed by atoms with Crippen molar-refractivity contribution < 1.29 is 0 Å². The number of nitrogens with zero attached hydrogens (tertiary/aromatic N) is 2. The number of nitrogens with one attached hydrogen (secondary N) is 2. The van der Waals surface area contributed by atoms with Gasteiger partial charge in [-0.25, -0.2) is 4.79 Å². The SMILES string of the molecule is CCCNCCn1ccc(=O)n(CCNCCC)c1=O. The van der Waals surface area contributed by atoms with Crippen LogP contribution in [0, 0.1) is 0 Å². The molecule has 1 aromatic rings. The lowest BCUT2D eigenvalue weighted by Crippen LogP contribution is -2.42. The average Bonchev–Trinajstić information content (AvgIpc) is 2.44. The summed E-state index contributed by atoms with van der Waals surface area (Å²) in [5, 5.41) is 6.44. The summed E-state index contributed by atoms with van der Waals surface area (Å²) < 4.78 is 2.88. The summed E-state index contributed by atoms with van der Waals surface area (Å²) in [6.07, 6.45) is 3.68. The fourth-order valence-electron chi connectivity index (χ4n) is 1.93. The second kappa shape index (κ2) is 9.50. The smallest absolute Gasteiger partial charge is 0.315 e. The highest BCUT2D eigenvalue weighted by molar-refractivity contribution is 4.86. The summed E-state index contributed by atoms with van der Waals surface area (Å²) in [6.45, 7) is 8.40. The van der Waals surface area contributed by atoms with Crippen molar-refractivity contribution in [3.05, 3.63) is 33.1 Å². The van der Waals surface area contributed by atoms with Gasteiger partial charge < -0.3 is 10.6 Å². The van der Waals surface area contributed by atoms with Gasteiger partial charge in [-0.05, 0) is 25.9 Å². The Morgan fingerprint density at radius 3 is 2.15 bits per heavy atom. The molecule has 0 aromatic carbocycles. The Morgan fingerprint density at radius 2 is 1.55 bits per heavy atom. The first kappa shape index (κ1) is 16.7. The lowest BCUT2D eigenvalue weighted by atomic mass is 10.4. The van der Waals surface area contributed by atoms with E-state index < -0.39 is 0 Å². The van der Waals surface area contributed by atoms with Crippen LogP contribution in [-0.2, 0) is 13.1 Å². The Labute approximate surface area is 119 Å². The van der Waals surface area contributed by atoms with Gasteiger partial charge in [0.1, 0.15) is 0 Å². The minimum atomic E-state index is -0.230. The zero-order valence-corrected chi connectivity index (χ0v) is 12.5. The molecular weight excluding hydrogens is 256 g/mol. The molecule has 0 unspecified atom stereocenters. The highest BCUT2D eigenvalue weighted by Gasteiger charge is 2.04. The Bertz CT molecular complexity index is 493. The Kier molecular flexibility index (Phi) is 7.91. The van der Waals surface area contributed by atoms with Crippen LogP contribution in [-0.4, -0.2) is 35.3 Å². The molecule has 6 heteroatoms. The molecular formula is C14H26N4O2. The molecule has 0 atom stereocenters. The van der Waals surface area contributed by atoms with Gasteiger partial charge in [0, 0.05) is 38.4 Å². The molecule has 0 radical (unpaired) electrons. The van der Waals surface area contributed by atoms with E-state index in [2.05, 4.69) is 24.5 Å². The maximum atomic E-state index is 12.2. The third-order valence-corrected chi connectivity index (χ3v) is 3.03. The van der Waals surface area contributed by atoms with Crippen molar-refractivity contribution in [1.82, 2.24) is 19.8 Å². The Hall–Kier alpha value is -1.40. The zero-order chi connectivity index (χ0) is 14.8. The number of hydrogen-bond donors (Lipinski definition) is 2. The molecule has 0 spiro atoms. The van der Waals surface area contributed by atoms with Crippen molar-refractivity contribution in [3.8, 4) is 0 Å². The van der Waals surface area contributed by atoms with E-state index in [0.29, 0.717) is 19.6 Å². The highest BCUT2D eigenvalue weighted by atomic mass is 16.2. The molecule has 0 aliphatic rings. The largest absolute Gasteiger partial charge is 0.331 e. The van der Waals surface area contributed by atoms with Gasteiger partial charge in [-0.15, -0.1) is 0 Å². The first-order valence-electron chi connectivity index (χ1n) is 7.42. The van der Waals surface area contributed by atoms with Crippen molar-refractivity contribution in [3.63, 3.8) is 0 Å². The molecule has 0 bridgehead atoms. The van der Waals surface area contributed by atoms with Crippen molar-refractivity contribution in [2.45, 2.75) is 39.8 Å². The molecule has 0 saturated heterocycles. The quantitative estimate of drug-likeness (QED) is 0.593. The molecule has 2 N–H and O–H groups in total. The van der Waals surface area contributed by atoms with Gasteiger partial charge in [-0.2, -0.15) is 0 Å². The van der Waals surface area contributed by atoms with Gasteiger partial charge in [-0.1, -0.05) is 13.8 Å². The predicted octanol–water partition coefficient (Wildman–Crippen LogP) is 0.00920. The van der Waals surface area contributed by atoms with Gasteiger partial charge in [-0.3, -0.25) is 13.9 Å². The second-order valence-corrected chi connectivity index (χ2v) is 4.78. The molecule has 6 nitrogen and oxygen atoms in total. The van der Waals surface area contributed by atoms with Crippen LogP contribution in [0.2, 0.25) is 0 Å². The number of aromatic nitrogens is 2. The molecule has 0 saturated carbocycles. The fourth-order valence-corrected chi connectivity index (χ4v) is 1.93. The minimum absolute atomic E-state index is 0.228. The zero-order valence-electron chi connectivity index (χ0n) is 12.5. The van der Waals surface area contributed by atoms with Crippen LogP contribution < -0.4 is 21.9 Å². The van der Waals surface area contributed by atoms with Gasteiger partial charge in [0.15, 0.2) is 0 Å². The van der Waals surface area contributed by atoms with E-state index in [9.17, 15) is 9.59 Å². The maximum absolute atomic E-state index is 12.2. The van der Waals surface area contributed by atoms with Crippen LogP contribution in [0.5, 0.6) is 0 Å². The topological polar surface area (TPSA) is 68.1 Å². The molecule has 20 heavy (non-hydrogen) atoms. The van der Waals surface area contributed by atoms with E-state index in [4.69, 9.17) is 0 Å². The van der Waals surface area contributed by atoms with Gasteiger partial charge in [0.2, 0.25) is 0 Å². The van der Waals surface area contributed by atoms with Crippen molar-refractivity contribution in [2.24, 2.45) is 0 Å². The third kappa shape index (κ3) is 5.30. The average molecular weight is 282 g/mol. The Morgan fingerprint density at radius 1 is 0.950 bits per heavy atom. The molecule has 1 rings (SSSR count). The van der Waals surface area contributed by atoms with E-state index in [1.54, 1.807) is 10.8 Å². The number of hydrogen-bond acceptors (Lipinski definition) is 4. The normalized spacial score (nSPS) is 10.9. The lowest BCUT2D eigenvalue weighted by molar-refractivity contribution is 0.509. The van der Waals surface area contributed by atoms with Crippen LogP contribution >= 0.6 is 0 Å². The van der Waals surface area contributed by atoms with E-state index in [1.807, 2.05) is 0 Å². The monoisotopic (exact) mass is 282 g/mol. The molecule has 1 aromatic heterocycles. The number of rotatable bonds is 10. The van der Waals surface area contributed by atoms with Crippen molar-refractivity contribution >= 4 is 0 Å². The first-order chi connectivity index (χ1) is 9.70. The van der Waals surface area contributed by atoms with E-state index in [0.717, 1.165) is 32.5 Å². The molecule has 0 aliphatic heterocycles. The van der Waals surface area contributed by atoms with Crippen LogP contribution in [0.1, 0.15) is 26.7 Å². The fraction of sp³-hybridized carbons (Fsp3) is 0.714. The van der Waals surface area contributed by atoms with Gasteiger partial charge >= 0.3 is 5.69 Å². The van der Waals surface area contributed by atoms with Gasteiger partial charge in [0.25, 0.3) is 5.56 Å². The third-order valence-electron chi connectivity index (χ3n) is 3.03. The van der Waals surface area contributed by atoms with Crippen LogP contribution in [0.25, 0.3) is 0 Å². The van der Waals surface area contributed by atoms with Crippen molar-refractivity contribution in [2.75, 3.05) is 26.2 Å². The van der Waals surface area contributed by atoms with E-state index in [-0.39, 0.29) is 11.2 Å². The summed E-state index contributed by atoms with van der Waals surface area (Å²) in [7, 11) is 0. The van der Waals surface area contributed by atoms with Crippen LogP contribution in [0.4, 0.5) is 0 Å². The molecule has 1 heterocycles. The predicted molar refractivity (Wildman–Crippen MR) is 81.3 cm³/mol. The van der Waals surface area contributed by atoms with Gasteiger partial charge in [0.05, 0.1) is 0 Å². The standard InChI is InChI=1S/C14H26N4O2/c1-3-6-15-8-11-17-10-5-13(19)18(14(17)20)12-9-16-7-4-2/h5,10,15-16H,3-4,6-9,11-12H2,1-2H3. The minimum Gasteiger partial charge on any atom is -0.315 e. The summed E-state index contributed by atoms with van der Waals surface area (Å²) in [6, 6.07) is 1.46. The van der Waals surface area contributed by atoms with E-state index in [1.165, 1.54) is 10.6 Å². The summed E-state index contributed by atoms with van der Waals surface area (Å²) in [5.41, 5.74) is -0.458. The molecule has 114 valence electrons. The first-order valence-corrected chi connectivity index (χ1v) is 7.42.